The lowest BCUT2D eigenvalue weighted by molar-refractivity contribution is -0.137. The molecule has 2 aromatic carbocycles. The molecule has 23 heavy (non-hydrogen) atoms. The van der Waals surface area contributed by atoms with Gasteiger partial charge >= 0.3 is 6.18 Å². The fourth-order valence-electron chi connectivity index (χ4n) is 1.84. The van der Waals surface area contributed by atoms with E-state index in [1.165, 1.54) is 12.1 Å². The Kier molecular flexibility index (Phi) is 5.62. The molecular weight excluding hydrogens is 305 g/mol. The van der Waals surface area contributed by atoms with Gasteiger partial charge in [-0.05, 0) is 42.8 Å². The Bertz CT molecular complexity index is 652. The van der Waals surface area contributed by atoms with Crippen LogP contribution in [0.5, 0.6) is 5.75 Å². The Labute approximate surface area is 132 Å². The number of nitrogens with one attached hydrogen (secondary N) is 1. The van der Waals surface area contributed by atoms with Crippen LogP contribution in [0.2, 0.25) is 0 Å². The average Bonchev–Trinajstić information content (AvgIpc) is 2.53. The first kappa shape index (κ1) is 16.9. The minimum atomic E-state index is -4.34. The van der Waals surface area contributed by atoms with Gasteiger partial charge in [-0.25, -0.2) is 0 Å². The third-order valence-corrected chi connectivity index (χ3v) is 2.99. The van der Waals surface area contributed by atoms with Crippen LogP contribution in [-0.2, 0) is 6.18 Å². The summed E-state index contributed by atoms with van der Waals surface area (Å²) < 4.78 is 43.0. The van der Waals surface area contributed by atoms with Crippen molar-refractivity contribution in [2.45, 2.75) is 19.5 Å². The first-order chi connectivity index (χ1) is 11.0. The second-order valence-electron chi connectivity index (χ2n) is 4.83. The van der Waals surface area contributed by atoms with E-state index in [1.54, 1.807) is 6.21 Å². The highest BCUT2D eigenvalue weighted by Crippen LogP contribution is 2.29. The fraction of sp³-hybridized carbons (Fsp3) is 0.235. The van der Waals surface area contributed by atoms with Gasteiger partial charge in [-0.1, -0.05) is 19.1 Å². The highest BCUT2D eigenvalue weighted by Gasteiger charge is 2.29. The summed E-state index contributed by atoms with van der Waals surface area (Å²) in [5, 5.41) is 4.04. The van der Waals surface area contributed by atoms with Crippen LogP contribution in [0.25, 0.3) is 0 Å². The van der Waals surface area contributed by atoms with Gasteiger partial charge in [0.15, 0.2) is 0 Å². The lowest BCUT2D eigenvalue weighted by Gasteiger charge is -2.08. The number of nitrogens with zero attached hydrogens (tertiary/aromatic N) is 1. The van der Waals surface area contributed by atoms with E-state index in [9.17, 15) is 13.2 Å². The molecule has 0 heterocycles. The van der Waals surface area contributed by atoms with E-state index in [0.29, 0.717) is 18.0 Å². The third-order valence-electron chi connectivity index (χ3n) is 2.99. The summed E-state index contributed by atoms with van der Waals surface area (Å²) in [5.41, 5.74) is 3.28. The van der Waals surface area contributed by atoms with Gasteiger partial charge in [0.25, 0.3) is 0 Å². The van der Waals surface area contributed by atoms with Crippen molar-refractivity contribution in [1.82, 2.24) is 0 Å². The summed E-state index contributed by atoms with van der Waals surface area (Å²) in [6.45, 7) is 2.63. The van der Waals surface area contributed by atoms with Crippen LogP contribution in [0, 0.1) is 0 Å². The van der Waals surface area contributed by atoms with Crippen molar-refractivity contribution in [3.63, 3.8) is 0 Å². The molecule has 2 aromatic rings. The zero-order valence-corrected chi connectivity index (χ0v) is 12.6. The Hall–Kier alpha value is -2.50. The summed E-state index contributed by atoms with van der Waals surface area (Å²) in [7, 11) is 0. The van der Waals surface area contributed by atoms with Crippen molar-refractivity contribution in [3.05, 3.63) is 59.7 Å². The van der Waals surface area contributed by atoms with Crippen molar-refractivity contribution in [2.75, 3.05) is 12.0 Å². The van der Waals surface area contributed by atoms with Gasteiger partial charge in [0.1, 0.15) is 5.75 Å². The molecule has 6 heteroatoms. The van der Waals surface area contributed by atoms with E-state index >= 15 is 0 Å². The number of anilines is 1. The second-order valence-corrected chi connectivity index (χ2v) is 4.83. The third kappa shape index (κ3) is 5.02. The van der Waals surface area contributed by atoms with Crippen molar-refractivity contribution in [1.29, 1.82) is 0 Å². The molecule has 0 saturated carbocycles. The molecule has 0 fully saturated rings. The Morgan fingerprint density at radius 2 is 1.78 bits per heavy atom. The highest BCUT2D eigenvalue weighted by atomic mass is 19.4. The first-order valence-corrected chi connectivity index (χ1v) is 7.19. The predicted molar refractivity (Wildman–Crippen MR) is 84.9 cm³/mol. The Morgan fingerprint density at radius 1 is 1.09 bits per heavy atom. The number of hydrogen-bond acceptors (Lipinski definition) is 3. The van der Waals surface area contributed by atoms with Gasteiger partial charge < -0.3 is 4.74 Å². The number of benzene rings is 2. The Balaban J connectivity index is 2.02. The molecule has 0 spiro atoms. The molecule has 0 amide bonds. The molecule has 0 radical (unpaired) electrons. The molecule has 1 N–H and O–H groups in total. The van der Waals surface area contributed by atoms with Gasteiger partial charge in [-0.2, -0.15) is 18.3 Å². The molecule has 0 aliphatic heterocycles. The minimum absolute atomic E-state index is 0.473. The number of hydrazone groups is 1. The summed E-state index contributed by atoms with van der Waals surface area (Å²) in [5.74, 6) is 0.715. The van der Waals surface area contributed by atoms with Crippen molar-refractivity contribution < 1.29 is 17.9 Å². The lowest BCUT2D eigenvalue weighted by atomic mass is 10.2. The van der Waals surface area contributed by atoms with Crippen molar-refractivity contribution in [2.24, 2.45) is 5.10 Å². The van der Waals surface area contributed by atoms with Gasteiger partial charge in [0.05, 0.1) is 24.1 Å². The second kappa shape index (κ2) is 7.67. The number of hydrogen-bond donors (Lipinski definition) is 1. The van der Waals surface area contributed by atoms with Gasteiger partial charge in [0.2, 0.25) is 0 Å². The number of alkyl halides is 3. The van der Waals surface area contributed by atoms with Crippen LogP contribution in [0.3, 0.4) is 0 Å². The van der Waals surface area contributed by atoms with E-state index in [1.807, 2.05) is 31.2 Å². The van der Waals surface area contributed by atoms with Gasteiger partial charge in [0, 0.05) is 5.56 Å². The predicted octanol–water partition coefficient (Wildman–Crippen LogP) is 4.94. The van der Waals surface area contributed by atoms with Crippen molar-refractivity contribution >= 4 is 11.9 Å². The minimum Gasteiger partial charge on any atom is -0.493 e. The number of rotatable bonds is 6. The molecule has 0 aliphatic carbocycles. The molecule has 0 unspecified atom stereocenters. The molecule has 3 nitrogen and oxygen atoms in total. The molecule has 0 saturated heterocycles. The summed E-state index contributed by atoms with van der Waals surface area (Å²) in [4.78, 5) is 0. The maximum absolute atomic E-state index is 12.5. The molecule has 2 rings (SSSR count). The van der Waals surface area contributed by atoms with Crippen LogP contribution < -0.4 is 10.2 Å². The quantitative estimate of drug-likeness (QED) is 0.603. The zero-order chi connectivity index (χ0) is 16.7. The van der Waals surface area contributed by atoms with Crippen LogP contribution in [0.1, 0.15) is 24.5 Å². The SMILES string of the molecule is CCCOc1ccccc1C=NNc1ccc(C(F)(F)F)cc1. The molecule has 0 aliphatic rings. The van der Waals surface area contributed by atoms with Crippen LogP contribution >= 0.6 is 0 Å². The largest absolute Gasteiger partial charge is 0.493 e. The normalized spacial score (nSPS) is 11.7. The average molecular weight is 322 g/mol. The van der Waals surface area contributed by atoms with Crippen LogP contribution in [0.15, 0.2) is 53.6 Å². The number of halogens is 3. The summed E-state index contributed by atoms with van der Waals surface area (Å²) in [6.07, 6.45) is -1.87. The standard InChI is InChI=1S/C17H17F3N2O/c1-2-11-23-16-6-4-3-5-13(16)12-21-22-15-9-7-14(8-10-15)17(18,19)20/h3-10,12,22H,2,11H2,1H3. The maximum Gasteiger partial charge on any atom is 0.416 e. The molecule has 0 aromatic heterocycles. The van der Waals surface area contributed by atoms with E-state index in [0.717, 1.165) is 24.1 Å². The maximum atomic E-state index is 12.5. The van der Waals surface area contributed by atoms with Gasteiger partial charge in [-0.15, -0.1) is 0 Å². The smallest absolute Gasteiger partial charge is 0.416 e. The topological polar surface area (TPSA) is 33.6 Å². The molecule has 122 valence electrons. The summed E-state index contributed by atoms with van der Waals surface area (Å²) in [6, 6.07) is 12.1. The molecule has 0 atom stereocenters. The zero-order valence-electron chi connectivity index (χ0n) is 12.6. The monoisotopic (exact) mass is 322 g/mol. The van der Waals surface area contributed by atoms with E-state index in [4.69, 9.17) is 4.74 Å². The molecular formula is C17H17F3N2O. The Morgan fingerprint density at radius 3 is 2.43 bits per heavy atom. The van der Waals surface area contributed by atoms with Crippen molar-refractivity contribution in [3.8, 4) is 5.75 Å². The fourth-order valence-corrected chi connectivity index (χ4v) is 1.84. The highest BCUT2D eigenvalue weighted by molar-refractivity contribution is 5.83. The van der Waals surface area contributed by atoms with E-state index in [2.05, 4.69) is 10.5 Å². The van der Waals surface area contributed by atoms with Crippen LogP contribution in [-0.4, -0.2) is 12.8 Å². The van der Waals surface area contributed by atoms with E-state index in [-0.39, 0.29) is 0 Å². The van der Waals surface area contributed by atoms with Crippen LogP contribution in [0.4, 0.5) is 18.9 Å². The number of ether oxygens (including phenoxy) is 1. The van der Waals surface area contributed by atoms with Gasteiger partial charge in [-0.3, -0.25) is 5.43 Å². The molecule has 0 bridgehead atoms. The number of para-hydroxylation sites is 1. The lowest BCUT2D eigenvalue weighted by Crippen LogP contribution is -2.04. The summed E-state index contributed by atoms with van der Waals surface area (Å²) >= 11 is 0. The van der Waals surface area contributed by atoms with E-state index < -0.39 is 11.7 Å². The first-order valence-electron chi connectivity index (χ1n) is 7.19.